The number of halogens is 1. The summed E-state index contributed by atoms with van der Waals surface area (Å²) >= 11 is 6.10. The van der Waals surface area contributed by atoms with Crippen molar-refractivity contribution in [2.75, 3.05) is 0 Å². The van der Waals surface area contributed by atoms with Gasteiger partial charge >= 0.3 is 5.97 Å². The normalized spacial score (nSPS) is 11.7. The van der Waals surface area contributed by atoms with Gasteiger partial charge in [0.05, 0.1) is 10.6 Å². The summed E-state index contributed by atoms with van der Waals surface area (Å²) in [6, 6.07) is 21.1. The van der Waals surface area contributed by atoms with Crippen molar-refractivity contribution < 1.29 is 14.3 Å². The summed E-state index contributed by atoms with van der Waals surface area (Å²) in [5.41, 5.74) is 3.44. The van der Waals surface area contributed by atoms with E-state index in [-0.39, 0.29) is 16.4 Å². The van der Waals surface area contributed by atoms with E-state index in [1.807, 2.05) is 32.0 Å². The topological polar surface area (TPSA) is 43.4 Å². The van der Waals surface area contributed by atoms with Crippen LogP contribution >= 0.6 is 11.6 Å². The van der Waals surface area contributed by atoms with Gasteiger partial charge in [0.15, 0.2) is 6.10 Å². The Kier molecular flexibility index (Phi) is 5.72. The molecule has 0 aliphatic rings. The highest BCUT2D eigenvalue weighted by Crippen LogP contribution is 2.26. The first-order valence-corrected chi connectivity index (χ1v) is 8.97. The minimum absolute atomic E-state index is 0.230. The van der Waals surface area contributed by atoms with E-state index >= 15 is 0 Å². The molecule has 0 heterocycles. The van der Waals surface area contributed by atoms with Crippen LogP contribution in [-0.2, 0) is 4.74 Å². The molecule has 0 bridgehead atoms. The van der Waals surface area contributed by atoms with Crippen LogP contribution in [0.25, 0.3) is 0 Å². The van der Waals surface area contributed by atoms with E-state index in [2.05, 4.69) is 0 Å². The fourth-order valence-corrected chi connectivity index (χ4v) is 2.96. The lowest BCUT2D eigenvalue weighted by Crippen LogP contribution is -2.20. The maximum Gasteiger partial charge on any atom is 0.340 e. The lowest BCUT2D eigenvalue weighted by atomic mass is 9.97. The molecule has 0 aromatic heterocycles. The van der Waals surface area contributed by atoms with Crippen LogP contribution in [0.5, 0.6) is 0 Å². The Bertz CT molecular complexity index is 980. The molecule has 3 aromatic carbocycles. The molecule has 0 saturated heterocycles. The largest absolute Gasteiger partial charge is 0.445 e. The van der Waals surface area contributed by atoms with E-state index < -0.39 is 12.1 Å². The number of esters is 1. The van der Waals surface area contributed by atoms with Gasteiger partial charge in [-0.2, -0.15) is 0 Å². The monoisotopic (exact) mass is 378 g/mol. The summed E-state index contributed by atoms with van der Waals surface area (Å²) in [5.74, 6) is -0.906. The highest BCUT2D eigenvalue weighted by atomic mass is 35.5. The number of carbonyl (C=O) groups is 2. The van der Waals surface area contributed by atoms with E-state index in [1.54, 1.807) is 54.6 Å². The Morgan fingerprint density at radius 2 is 1.52 bits per heavy atom. The summed E-state index contributed by atoms with van der Waals surface area (Å²) in [6.07, 6.45) is -1.04. The van der Waals surface area contributed by atoms with Crippen molar-refractivity contribution in [3.05, 3.63) is 106 Å². The third-order valence-corrected chi connectivity index (χ3v) is 4.78. The minimum atomic E-state index is -1.04. The van der Waals surface area contributed by atoms with Crippen molar-refractivity contribution in [2.45, 2.75) is 20.0 Å². The number of Topliss-reactive ketones (excluding diaryl/α,β-unsaturated/α-hetero) is 1. The first-order valence-electron chi connectivity index (χ1n) is 8.59. The minimum Gasteiger partial charge on any atom is -0.445 e. The molecule has 0 amide bonds. The fraction of sp³-hybridized carbons (Fsp3) is 0.130. The van der Waals surface area contributed by atoms with Gasteiger partial charge in [-0.15, -0.1) is 0 Å². The Balaban J connectivity index is 1.96. The summed E-state index contributed by atoms with van der Waals surface area (Å²) in [6.45, 7) is 3.93. The second kappa shape index (κ2) is 8.19. The number of benzene rings is 3. The van der Waals surface area contributed by atoms with Gasteiger partial charge in [0, 0.05) is 11.1 Å². The van der Waals surface area contributed by atoms with Crippen LogP contribution in [0.1, 0.15) is 43.5 Å². The van der Waals surface area contributed by atoms with Crippen LogP contribution in [0.3, 0.4) is 0 Å². The van der Waals surface area contributed by atoms with Gasteiger partial charge in [-0.25, -0.2) is 4.79 Å². The van der Waals surface area contributed by atoms with E-state index in [0.717, 1.165) is 11.1 Å². The highest BCUT2D eigenvalue weighted by Gasteiger charge is 2.27. The zero-order chi connectivity index (χ0) is 19.4. The summed E-state index contributed by atoms with van der Waals surface area (Å²) in [5, 5.41) is 0.285. The van der Waals surface area contributed by atoms with E-state index in [9.17, 15) is 9.59 Å². The van der Waals surface area contributed by atoms with E-state index in [4.69, 9.17) is 16.3 Å². The predicted molar refractivity (Wildman–Crippen MR) is 106 cm³/mol. The first-order chi connectivity index (χ1) is 13.0. The van der Waals surface area contributed by atoms with Crippen molar-refractivity contribution in [3.63, 3.8) is 0 Å². The molecule has 0 unspecified atom stereocenters. The Morgan fingerprint density at radius 1 is 0.852 bits per heavy atom. The number of ketones is 1. The van der Waals surface area contributed by atoms with Gasteiger partial charge in [-0.1, -0.05) is 66.2 Å². The molecule has 3 rings (SSSR count). The molecule has 3 nitrogen and oxygen atoms in total. The van der Waals surface area contributed by atoms with Crippen molar-refractivity contribution >= 4 is 23.4 Å². The van der Waals surface area contributed by atoms with Gasteiger partial charge in [0.2, 0.25) is 5.78 Å². The average Bonchev–Trinajstić information content (AvgIpc) is 2.68. The molecule has 0 aliphatic heterocycles. The number of rotatable bonds is 5. The van der Waals surface area contributed by atoms with Crippen molar-refractivity contribution in [3.8, 4) is 0 Å². The van der Waals surface area contributed by atoms with Crippen LogP contribution in [0, 0.1) is 13.8 Å². The molecule has 0 N–H and O–H groups in total. The maximum absolute atomic E-state index is 13.2. The standard InChI is InChI=1S/C23H19ClO3/c1-15-12-13-18(14-16(15)2)21(25)22(17-8-4-3-5-9-17)27-23(26)19-10-6-7-11-20(19)24/h3-14,22H,1-2H3/t22-/m0/s1. The average molecular weight is 379 g/mol. The Morgan fingerprint density at radius 3 is 2.19 bits per heavy atom. The summed E-state index contributed by atoms with van der Waals surface area (Å²) in [7, 11) is 0. The third kappa shape index (κ3) is 4.26. The quantitative estimate of drug-likeness (QED) is 0.420. The van der Waals surface area contributed by atoms with Crippen molar-refractivity contribution in [2.24, 2.45) is 0 Å². The molecule has 0 radical (unpaired) electrons. The lowest BCUT2D eigenvalue weighted by molar-refractivity contribution is 0.0280. The number of ether oxygens (including phenoxy) is 1. The molecule has 1 atom stereocenters. The highest BCUT2D eigenvalue weighted by molar-refractivity contribution is 6.33. The van der Waals surface area contributed by atoms with Gasteiger partial charge in [0.25, 0.3) is 0 Å². The number of hydrogen-bond acceptors (Lipinski definition) is 3. The van der Waals surface area contributed by atoms with Crippen LogP contribution < -0.4 is 0 Å². The Hall–Kier alpha value is -2.91. The molecular weight excluding hydrogens is 360 g/mol. The molecular formula is C23H19ClO3. The van der Waals surface area contributed by atoms with Gasteiger partial charge in [-0.05, 0) is 43.2 Å². The summed E-state index contributed by atoms with van der Waals surface area (Å²) < 4.78 is 5.62. The first kappa shape index (κ1) is 18.9. The number of carbonyl (C=O) groups excluding carboxylic acids is 2. The lowest BCUT2D eigenvalue weighted by Gasteiger charge is -2.18. The van der Waals surface area contributed by atoms with Crippen molar-refractivity contribution in [1.29, 1.82) is 0 Å². The second-order valence-electron chi connectivity index (χ2n) is 6.34. The molecule has 4 heteroatoms. The predicted octanol–water partition coefficient (Wildman–Crippen LogP) is 5.74. The summed E-state index contributed by atoms with van der Waals surface area (Å²) in [4.78, 5) is 25.8. The maximum atomic E-state index is 13.2. The molecule has 136 valence electrons. The van der Waals surface area contributed by atoms with Gasteiger partial charge < -0.3 is 4.74 Å². The Labute approximate surface area is 163 Å². The number of aryl methyl sites for hydroxylation is 2. The fourth-order valence-electron chi connectivity index (χ4n) is 2.74. The number of hydrogen-bond donors (Lipinski definition) is 0. The molecule has 0 spiro atoms. The molecule has 3 aromatic rings. The SMILES string of the molecule is Cc1ccc(C(=O)[C@@H](OC(=O)c2ccccc2Cl)c2ccccc2)cc1C. The molecule has 0 aliphatic carbocycles. The zero-order valence-electron chi connectivity index (χ0n) is 15.1. The van der Waals surface area contributed by atoms with Crippen LogP contribution in [0.15, 0.2) is 72.8 Å². The smallest absolute Gasteiger partial charge is 0.340 e. The zero-order valence-corrected chi connectivity index (χ0v) is 15.9. The van der Waals surface area contributed by atoms with Crippen LogP contribution in [0.2, 0.25) is 5.02 Å². The van der Waals surface area contributed by atoms with Gasteiger partial charge in [0.1, 0.15) is 0 Å². The van der Waals surface area contributed by atoms with E-state index in [1.165, 1.54) is 0 Å². The second-order valence-corrected chi connectivity index (χ2v) is 6.75. The van der Waals surface area contributed by atoms with E-state index in [0.29, 0.717) is 11.1 Å². The molecule has 0 fully saturated rings. The van der Waals surface area contributed by atoms with Crippen LogP contribution in [0.4, 0.5) is 0 Å². The van der Waals surface area contributed by atoms with Crippen molar-refractivity contribution in [1.82, 2.24) is 0 Å². The molecule has 0 saturated carbocycles. The third-order valence-electron chi connectivity index (χ3n) is 4.45. The van der Waals surface area contributed by atoms with Crippen LogP contribution in [-0.4, -0.2) is 11.8 Å². The molecule has 27 heavy (non-hydrogen) atoms. The van der Waals surface area contributed by atoms with Gasteiger partial charge in [-0.3, -0.25) is 4.79 Å².